The Balaban J connectivity index is 4.56. The third kappa shape index (κ3) is 52.8. The summed E-state index contributed by atoms with van der Waals surface area (Å²) in [5.41, 5.74) is 0. The SMILES string of the molecule is CC/C=C\C/C=C\C/C=C\C/C=C\C/C=C\CCCC(=O)OC(COC(=O)CCCCCCC\C=C/C=C\C=C/C=C\CCCCC)COC(=O)CCCCCCCCC/C=C\CCCCCC. The van der Waals surface area contributed by atoms with Crippen LogP contribution in [0.4, 0.5) is 0 Å². The second kappa shape index (κ2) is 55.4. The van der Waals surface area contributed by atoms with Gasteiger partial charge < -0.3 is 14.2 Å². The molecule has 1 atom stereocenters. The van der Waals surface area contributed by atoms with Crippen molar-refractivity contribution in [2.75, 3.05) is 13.2 Å². The topological polar surface area (TPSA) is 78.9 Å². The molecule has 0 heterocycles. The predicted molar refractivity (Wildman–Crippen MR) is 293 cm³/mol. The Morgan fingerprint density at radius 2 is 0.647 bits per heavy atom. The fraction of sp³-hybridized carbons (Fsp3) is 0.629. The largest absolute Gasteiger partial charge is 0.462 e. The molecule has 0 aromatic rings. The molecule has 0 N–H and O–H groups in total. The molecule has 0 amide bonds. The van der Waals surface area contributed by atoms with Crippen molar-refractivity contribution in [1.29, 1.82) is 0 Å². The summed E-state index contributed by atoms with van der Waals surface area (Å²) in [7, 11) is 0. The molecule has 1 unspecified atom stereocenters. The number of allylic oxidation sites excluding steroid dienone is 20. The van der Waals surface area contributed by atoms with Gasteiger partial charge >= 0.3 is 17.9 Å². The van der Waals surface area contributed by atoms with Crippen molar-refractivity contribution in [3.63, 3.8) is 0 Å². The van der Waals surface area contributed by atoms with Crippen LogP contribution in [0.2, 0.25) is 0 Å². The Bertz CT molecular complexity index is 1450. The smallest absolute Gasteiger partial charge is 0.306 e. The molecule has 0 aliphatic carbocycles. The van der Waals surface area contributed by atoms with Crippen LogP contribution in [0.1, 0.15) is 233 Å². The van der Waals surface area contributed by atoms with E-state index < -0.39 is 6.10 Å². The van der Waals surface area contributed by atoms with Gasteiger partial charge in [0.05, 0.1) is 0 Å². The molecule has 0 aromatic heterocycles. The minimum absolute atomic E-state index is 0.114. The first-order valence-electron chi connectivity index (χ1n) is 27.6. The third-order valence-corrected chi connectivity index (χ3v) is 11.3. The predicted octanol–water partition coefficient (Wildman–Crippen LogP) is 18.5. The Labute approximate surface area is 418 Å². The second-order valence-electron chi connectivity index (χ2n) is 17.8. The molecule has 0 saturated heterocycles. The van der Waals surface area contributed by atoms with Gasteiger partial charge in [-0.2, -0.15) is 0 Å². The minimum Gasteiger partial charge on any atom is -0.462 e. The highest BCUT2D eigenvalue weighted by atomic mass is 16.6. The van der Waals surface area contributed by atoms with Gasteiger partial charge in [0.2, 0.25) is 0 Å². The number of carbonyl (C=O) groups excluding carboxylic acids is 3. The van der Waals surface area contributed by atoms with Gasteiger partial charge in [-0.15, -0.1) is 0 Å². The maximum atomic E-state index is 12.8. The summed E-state index contributed by atoms with van der Waals surface area (Å²) in [6.45, 7) is 6.39. The van der Waals surface area contributed by atoms with Crippen LogP contribution in [-0.2, 0) is 28.6 Å². The van der Waals surface area contributed by atoms with Crippen molar-refractivity contribution in [3.8, 4) is 0 Å². The monoisotopic (exact) mass is 941 g/mol. The second-order valence-corrected chi connectivity index (χ2v) is 17.8. The van der Waals surface area contributed by atoms with E-state index in [4.69, 9.17) is 14.2 Å². The molecule has 6 heteroatoms. The highest BCUT2D eigenvalue weighted by Crippen LogP contribution is 2.13. The fourth-order valence-electron chi connectivity index (χ4n) is 7.13. The zero-order chi connectivity index (χ0) is 49.3. The maximum Gasteiger partial charge on any atom is 0.306 e. The van der Waals surface area contributed by atoms with Crippen molar-refractivity contribution >= 4 is 17.9 Å². The first-order valence-corrected chi connectivity index (χ1v) is 27.6. The summed E-state index contributed by atoms with van der Waals surface area (Å²) in [6.07, 6.45) is 76.1. The summed E-state index contributed by atoms with van der Waals surface area (Å²) >= 11 is 0. The molecule has 68 heavy (non-hydrogen) atoms. The average molecular weight is 941 g/mol. The van der Waals surface area contributed by atoms with E-state index in [1.807, 2.05) is 0 Å². The lowest BCUT2D eigenvalue weighted by Crippen LogP contribution is -2.30. The van der Waals surface area contributed by atoms with Crippen LogP contribution in [0.3, 0.4) is 0 Å². The average Bonchev–Trinajstić information content (AvgIpc) is 3.34. The van der Waals surface area contributed by atoms with Crippen molar-refractivity contribution in [2.45, 2.75) is 239 Å². The maximum absolute atomic E-state index is 12.8. The van der Waals surface area contributed by atoms with Crippen LogP contribution in [0.5, 0.6) is 0 Å². The summed E-state index contributed by atoms with van der Waals surface area (Å²) < 4.78 is 16.8. The number of carbonyl (C=O) groups is 3. The van der Waals surface area contributed by atoms with E-state index in [-0.39, 0.29) is 37.5 Å². The quantitative estimate of drug-likeness (QED) is 0.0199. The van der Waals surface area contributed by atoms with Gasteiger partial charge in [0, 0.05) is 19.3 Å². The first-order chi connectivity index (χ1) is 33.5. The molecule has 0 rings (SSSR count). The van der Waals surface area contributed by atoms with Crippen molar-refractivity contribution in [1.82, 2.24) is 0 Å². The van der Waals surface area contributed by atoms with Crippen LogP contribution >= 0.6 is 0 Å². The van der Waals surface area contributed by atoms with Gasteiger partial charge in [-0.05, 0) is 109 Å². The van der Waals surface area contributed by atoms with Crippen LogP contribution in [-0.4, -0.2) is 37.2 Å². The molecule has 0 aromatic carbocycles. The van der Waals surface area contributed by atoms with Gasteiger partial charge in [-0.3, -0.25) is 14.4 Å². The minimum atomic E-state index is -0.823. The van der Waals surface area contributed by atoms with Crippen LogP contribution < -0.4 is 0 Å². The Kier molecular flexibility index (Phi) is 52.0. The summed E-state index contributed by atoms with van der Waals surface area (Å²) in [6, 6.07) is 0. The number of ether oxygens (including phenoxy) is 3. The lowest BCUT2D eigenvalue weighted by molar-refractivity contribution is -0.167. The van der Waals surface area contributed by atoms with Crippen LogP contribution in [0, 0.1) is 0 Å². The molecule has 0 fully saturated rings. The van der Waals surface area contributed by atoms with E-state index in [9.17, 15) is 14.4 Å². The van der Waals surface area contributed by atoms with E-state index in [2.05, 4.69) is 142 Å². The summed E-state index contributed by atoms with van der Waals surface area (Å²) in [5, 5.41) is 0. The molecule has 0 radical (unpaired) electrons. The van der Waals surface area contributed by atoms with Crippen molar-refractivity contribution in [3.05, 3.63) is 122 Å². The third-order valence-electron chi connectivity index (χ3n) is 11.3. The van der Waals surface area contributed by atoms with Crippen molar-refractivity contribution < 1.29 is 28.6 Å². The number of unbranched alkanes of at least 4 members (excludes halogenated alkanes) is 20. The molecule has 384 valence electrons. The molecule has 0 spiro atoms. The molecule has 0 aliphatic rings. The van der Waals surface area contributed by atoms with Gasteiger partial charge in [-0.1, -0.05) is 226 Å². The molecular formula is C62H100O6. The Morgan fingerprint density at radius 1 is 0.324 bits per heavy atom. The van der Waals surface area contributed by atoms with E-state index in [1.54, 1.807) is 0 Å². The highest BCUT2D eigenvalue weighted by molar-refractivity contribution is 5.71. The highest BCUT2D eigenvalue weighted by Gasteiger charge is 2.19. The zero-order valence-corrected chi connectivity index (χ0v) is 43.8. The molecule has 0 aliphatic heterocycles. The van der Waals surface area contributed by atoms with E-state index in [0.29, 0.717) is 19.3 Å². The van der Waals surface area contributed by atoms with Gasteiger partial charge in [0.1, 0.15) is 13.2 Å². The normalized spacial score (nSPS) is 13.0. The molecule has 0 bridgehead atoms. The first kappa shape index (κ1) is 63.8. The van der Waals surface area contributed by atoms with Crippen LogP contribution in [0.25, 0.3) is 0 Å². The van der Waals surface area contributed by atoms with Gasteiger partial charge in [0.15, 0.2) is 6.10 Å². The van der Waals surface area contributed by atoms with E-state index in [0.717, 1.165) is 103 Å². The standard InChI is InChI=1S/C62H100O6/c1-4-7-10-13-16-19-22-25-28-30-32-34-37-40-43-46-49-52-55-61(64)67-58-59(57-66-60(63)54-51-48-45-42-39-36-33-27-24-21-18-15-12-9-6-3)68-62(65)56-53-50-47-44-41-38-35-31-29-26-23-20-17-14-11-8-5-2/h8,11,16-17,19-22,24-26,28-30,32,34-35,38,44,47,59H,4-7,9-10,12-15,18,23,27,31,33,36-37,39-43,45-46,48-58H2,1-3H3/b11-8-,19-16-,20-17-,24-21-,25-22-,29-26-,30-28-,34-32-,38-35-,47-44-. The Hall–Kier alpha value is -4.19. The number of hydrogen-bond acceptors (Lipinski definition) is 6. The van der Waals surface area contributed by atoms with Gasteiger partial charge in [-0.25, -0.2) is 0 Å². The summed E-state index contributed by atoms with van der Waals surface area (Å²) in [4.78, 5) is 38.1. The van der Waals surface area contributed by atoms with Crippen molar-refractivity contribution in [2.24, 2.45) is 0 Å². The number of hydrogen-bond donors (Lipinski definition) is 0. The number of rotatable bonds is 48. The number of esters is 3. The molecule has 6 nitrogen and oxygen atoms in total. The summed E-state index contributed by atoms with van der Waals surface area (Å²) in [5.74, 6) is -1.00. The lowest BCUT2D eigenvalue weighted by Gasteiger charge is -2.18. The Morgan fingerprint density at radius 3 is 1.12 bits per heavy atom. The van der Waals surface area contributed by atoms with E-state index >= 15 is 0 Å². The van der Waals surface area contributed by atoms with Gasteiger partial charge in [0.25, 0.3) is 0 Å². The lowest BCUT2D eigenvalue weighted by atomic mass is 10.1. The van der Waals surface area contributed by atoms with Crippen LogP contribution in [0.15, 0.2) is 122 Å². The van der Waals surface area contributed by atoms with E-state index in [1.165, 1.54) is 83.5 Å². The zero-order valence-electron chi connectivity index (χ0n) is 43.8. The fourth-order valence-corrected chi connectivity index (χ4v) is 7.13. The molecular weight excluding hydrogens is 841 g/mol. The molecule has 0 saturated carbocycles.